The van der Waals surface area contributed by atoms with Crippen LogP contribution in [0.25, 0.3) is 0 Å². The Kier molecular flexibility index (Phi) is 2.96. The van der Waals surface area contributed by atoms with Crippen LogP contribution in [0.15, 0.2) is 6.07 Å². The van der Waals surface area contributed by atoms with Crippen LogP contribution in [0, 0.1) is 12.7 Å². The van der Waals surface area contributed by atoms with Gasteiger partial charge in [0, 0.05) is 10.6 Å². The number of carboxylic acids is 1. The van der Waals surface area contributed by atoms with Gasteiger partial charge < -0.3 is 10.2 Å². The van der Waals surface area contributed by atoms with Crippen LogP contribution in [0.2, 0.25) is 5.02 Å². The zero-order chi connectivity index (χ0) is 10.9. The molecular weight excluding hydrogens is 211 g/mol. The van der Waals surface area contributed by atoms with Gasteiger partial charge in [0.25, 0.3) is 0 Å². The first-order valence-electron chi connectivity index (χ1n) is 3.81. The average Bonchev–Trinajstić information content (AvgIpc) is 2.09. The molecule has 0 fully saturated rings. The summed E-state index contributed by atoms with van der Waals surface area (Å²) in [7, 11) is 0. The number of hydrogen-bond acceptors (Lipinski definition) is 2. The maximum atomic E-state index is 12.9. The lowest BCUT2D eigenvalue weighted by molar-refractivity contribution is -0.136. The van der Waals surface area contributed by atoms with Crippen LogP contribution in [-0.4, -0.2) is 16.2 Å². The van der Waals surface area contributed by atoms with Crippen LogP contribution in [0.3, 0.4) is 0 Å². The summed E-state index contributed by atoms with van der Waals surface area (Å²) in [5.41, 5.74) is 0.399. The smallest absolute Gasteiger partial charge is 0.307 e. The lowest BCUT2D eigenvalue weighted by Gasteiger charge is -2.08. The zero-order valence-electron chi connectivity index (χ0n) is 7.34. The first-order chi connectivity index (χ1) is 6.43. The molecule has 0 amide bonds. The molecule has 0 atom stereocenters. The number of aromatic hydroxyl groups is 1. The number of rotatable bonds is 2. The van der Waals surface area contributed by atoms with Crippen molar-refractivity contribution < 1.29 is 19.4 Å². The van der Waals surface area contributed by atoms with Gasteiger partial charge in [-0.2, -0.15) is 0 Å². The number of halogens is 2. The van der Waals surface area contributed by atoms with Gasteiger partial charge in [-0.3, -0.25) is 4.79 Å². The van der Waals surface area contributed by atoms with Gasteiger partial charge in [-0.25, -0.2) is 4.39 Å². The largest absolute Gasteiger partial charge is 0.505 e. The Balaban J connectivity index is 3.31. The molecule has 5 heteroatoms. The van der Waals surface area contributed by atoms with E-state index in [-0.39, 0.29) is 10.6 Å². The van der Waals surface area contributed by atoms with Crippen molar-refractivity contribution in [2.45, 2.75) is 13.3 Å². The third-order valence-corrected chi connectivity index (χ3v) is 2.30. The lowest BCUT2D eigenvalue weighted by atomic mass is 10.0. The Hall–Kier alpha value is -1.29. The minimum absolute atomic E-state index is 0.0162. The van der Waals surface area contributed by atoms with E-state index in [0.717, 1.165) is 6.07 Å². The SMILES string of the molecule is Cc1c(Cl)cc(F)c(O)c1CC(=O)O. The first-order valence-corrected chi connectivity index (χ1v) is 4.19. The van der Waals surface area contributed by atoms with E-state index >= 15 is 0 Å². The highest BCUT2D eigenvalue weighted by Crippen LogP contribution is 2.30. The molecular formula is C9H8ClFO3. The van der Waals surface area contributed by atoms with E-state index in [1.165, 1.54) is 6.92 Å². The fraction of sp³-hybridized carbons (Fsp3) is 0.222. The number of carbonyl (C=O) groups is 1. The molecule has 0 aliphatic heterocycles. The Morgan fingerprint density at radius 2 is 2.21 bits per heavy atom. The second kappa shape index (κ2) is 3.84. The summed E-state index contributed by atoms with van der Waals surface area (Å²) in [5.74, 6) is -2.70. The third-order valence-electron chi connectivity index (χ3n) is 1.90. The van der Waals surface area contributed by atoms with Crippen molar-refractivity contribution in [2.75, 3.05) is 0 Å². The normalized spacial score (nSPS) is 10.2. The fourth-order valence-electron chi connectivity index (χ4n) is 1.12. The Labute approximate surface area is 84.7 Å². The van der Waals surface area contributed by atoms with E-state index in [1.54, 1.807) is 0 Å². The number of phenols is 1. The highest BCUT2D eigenvalue weighted by atomic mass is 35.5. The molecule has 1 aromatic carbocycles. The van der Waals surface area contributed by atoms with Gasteiger partial charge in [0.2, 0.25) is 0 Å². The van der Waals surface area contributed by atoms with Crippen molar-refractivity contribution in [3.63, 3.8) is 0 Å². The topological polar surface area (TPSA) is 57.5 Å². The van der Waals surface area contributed by atoms with Crippen LogP contribution in [0.5, 0.6) is 5.75 Å². The molecule has 1 aromatic rings. The van der Waals surface area contributed by atoms with Crippen molar-refractivity contribution >= 4 is 17.6 Å². The van der Waals surface area contributed by atoms with E-state index in [9.17, 15) is 14.3 Å². The Bertz CT molecular complexity index is 364. The number of phenolic OH excluding ortho intramolecular Hbond substituents is 1. The predicted molar refractivity (Wildman–Crippen MR) is 49.2 cm³/mol. The van der Waals surface area contributed by atoms with E-state index in [0.29, 0.717) is 5.56 Å². The van der Waals surface area contributed by atoms with Crippen molar-refractivity contribution in [3.8, 4) is 5.75 Å². The highest BCUT2D eigenvalue weighted by molar-refractivity contribution is 6.31. The molecule has 0 aliphatic carbocycles. The van der Waals surface area contributed by atoms with Gasteiger partial charge in [0.1, 0.15) is 0 Å². The van der Waals surface area contributed by atoms with E-state index in [2.05, 4.69) is 0 Å². The van der Waals surface area contributed by atoms with Crippen molar-refractivity contribution in [1.29, 1.82) is 0 Å². The predicted octanol–water partition coefficient (Wildman–Crippen LogP) is 2.12. The summed E-state index contributed by atoms with van der Waals surface area (Å²) >= 11 is 5.63. The van der Waals surface area contributed by atoms with Gasteiger partial charge in [0.05, 0.1) is 6.42 Å². The monoisotopic (exact) mass is 218 g/mol. The molecule has 0 unspecified atom stereocenters. The second-order valence-electron chi connectivity index (χ2n) is 2.86. The summed E-state index contributed by atoms with van der Waals surface area (Å²) in [6.45, 7) is 1.53. The maximum Gasteiger partial charge on any atom is 0.307 e. The molecule has 0 aliphatic rings. The third kappa shape index (κ3) is 1.96. The van der Waals surface area contributed by atoms with Crippen molar-refractivity contribution in [3.05, 3.63) is 28.0 Å². The summed E-state index contributed by atoms with van der Waals surface area (Å²) < 4.78 is 12.9. The van der Waals surface area contributed by atoms with Crippen LogP contribution in [0.1, 0.15) is 11.1 Å². The minimum Gasteiger partial charge on any atom is -0.505 e. The molecule has 76 valence electrons. The molecule has 0 spiro atoms. The summed E-state index contributed by atoms with van der Waals surface area (Å²) in [5, 5.41) is 17.9. The highest BCUT2D eigenvalue weighted by Gasteiger charge is 2.16. The fourth-order valence-corrected chi connectivity index (χ4v) is 1.33. The van der Waals surface area contributed by atoms with Gasteiger partial charge in [-0.15, -0.1) is 0 Å². The maximum absolute atomic E-state index is 12.9. The number of carboxylic acid groups (broad SMARTS) is 1. The second-order valence-corrected chi connectivity index (χ2v) is 3.27. The lowest BCUT2D eigenvalue weighted by Crippen LogP contribution is -2.03. The molecule has 0 aromatic heterocycles. The first kappa shape index (κ1) is 10.8. The molecule has 3 nitrogen and oxygen atoms in total. The van der Waals surface area contributed by atoms with Crippen LogP contribution < -0.4 is 0 Å². The zero-order valence-corrected chi connectivity index (χ0v) is 8.10. The van der Waals surface area contributed by atoms with E-state index in [1.807, 2.05) is 0 Å². The van der Waals surface area contributed by atoms with Crippen LogP contribution in [-0.2, 0) is 11.2 Å². The summed E-state index contributed by atoms with van der Waals surface area (Å²) in [6.07, 6.45) is -0.449. The van der Waals surface area contributed by atoms with Gasteiger partial charge in [0.15, 0.2) is 11.6 Å². The van der Waals surface area contributed by atoms with Gasteiger partial charge in [-0.05, 0) is 18.6 Å². The quantitative estimate of drug-likeness (QED) is 0.800. The molecule has 14 heavy (non-hydrogen) atoms. The molecule has 0 bridgehead atoms. The average molecular weight is 219 g/mol. The Morgan fingerprint density at radius 3 is 2.71 bits per heavy atom. The molecule has 1 rings (SSSR count). The molecule has 2 N–H and O–H groups in total. The summed E-state index contributed by atoms with van der Waals surface area (Å²) in [6, 6.07) is 0.956. The van der Waals surface area contributed by atoms with Gasteiger partial charge >= 0.3 is 5.97 Å². The van der Waals surface area contributed by atoms with Crippen LogP contribution >= 0.6 is 11.6 Å². The standard InChI is InChI=1S/C9H8ClFO3/c1-4-5(2-8(12)13)9(14)7(11)3-6(4)10/h3,14H,2H2,1H3,(H,12,13). The van der Waals surface area contributed by atoms with Crippen molar-refractivity contribution in [2.24, 2.45) is 0 Å². The molecule has 0 saturated heterocycles. The van der Waals surface area contributed by atoms with Crippen LogP contribution in [0.4, 0.5) is 4.39 Å². The number of hydrogen-bond donors (Lipinski definition) is 2. The van der Waals surface area contributed by atoms with Gasteiger partial charge in [-0.1, -0.05) is 11.6 Å². The molecule has 0 heterocycles. The number of benzene rings is 1. The summed E-state index contributed by atoms with van der Waals surface area (Å²) in [4.78, 5) is 10.4. The van der Waals surface area contributed by atoms with E-state index < -0.39 is 24.0 Å². The molecule has 0 radical (unpaired) electrons. The van der Waals surface area contributed by atoms with Crippen molar-refractivity contribution in [1.82, 2.24) is 0 Å². The van der Waals surface area contributed by atoms with E-state index in [4.69, 9.17) is 16.7 Å². The number of aliphatic carboxylic acids is 1. The molecule has 0 saturated carbocycles. The minimum atomic E-state index is -1.15. The Morgan fingerprint density at radius 1 is 1.64 bits per heavy atom.